The standard InChI is InChI=1S/C25H23F3N4O/c26-25(27,28)18-3-1-2-17(14-18)22-15-29-16-23-21(22)8-9-30-24(23)31-19-4-6-20(7-5-19)32-10-12-33-13-11-32/h1-9,14-15,22H,10-13,16H2,(H,30,31). The zero-order valence-electron chi connectivity index (χ0n) is 17.8. The van der Waals surface area contributed by atoms with Crippen molar-refractivity contribution >= 4 is 23.4 Å². The fraction of sp³-hybridized carbons (Fsp3) is 0.280. The van der Waals surface area contributed by atoms with Crippen LogP contribution in [0, 0.1) is 0 Å². The average molecular weight is 452 g/mol. The first-order valence-electron chi connectivity index (χ1n) is 10.8. The molecule has 8 heteroatoms. The van der Waals surface area contributed by atoms with E-state index in [2.05, 4.69) is 32.3 Å². The number of aliphatic imine (C=N–C) groups is 1. The van der Waals surface area contributed by atoms with Crippen molar-refractivity contribution in [3.8, 4) is 0 Å². The third-order valence-corrected chi connectivity index (χ3v) is 6.01. The number of morpholine rings is 1. The number of anilines is 3. The summed E-state index contributed by atoms with van der Waals surface area (Å²) in [5, 5.41) is 3.36. The van der Waals surface area contributed by atoms with Gasteiger partial charge in [-0.1, -0.05) is 18.2 Å². The molecule has 5 nitrogen and oxygen atoms in total. The molecule has 3 heterocycles. The number of hydrogen-bond acceptors (Lipinski definition) is 5. The largest absolute Gasteiger partial charge is 0.416 e. The quantitative estimate of drug-likeness (QED) is 0.576. The van der Waals surface area contributed by atoms with Crippen LogP contribution < -0.4 is 10.2 Å². The van der Waals surface area contributed by atoms with Crippen LogP contribution in [0.15, 0.2) is 65.8 Å². The lowest BCUT2D eigenvalue weighted by molar-refractivity contribution is -0.137. The normalized spacial score (nSPS) is 18.2. The predicted octanol–water partition coefficient (Wildman–Crippen LogP) is 5.40. The third-order valence-electron chi connectivity index (χ3n) is 6.01. The van der Waals surface area contributed by atoms with Crippen molar-refractivity contribution in [2.75, 3.05) is 36.5 Å². The molecule has 3 aromatic rings. The van der Waals surface area contributed by atoms with E-state index in [1.807, 2.05) is 18.2 Å². The minimum atomic E-state index is -4.39. The minimum Gasteiger partial charge on any atom is -0.378 e. The van der Waals surface area contributed by atoms with Gasteiger partial charge in [0.2, 0.25) is 0 Å². The number of alkyl halides is 3. The molecule has 0 spiro atoms. The summed E-state index contributed by atoms with van der Waals surface area (Å²) in [6, 6.07) is 15.4. The molecule has 0 aliphatic carbocycles. The van der Waals surface area contributed by atoms with E-state index in [0.29, 0.717) is 17.9 Å². The maximum absolute atomic E-state index is 13.2. The van der Waals surface area contributed by atoms with Gasteiger partial charge in [0.25, 0.3) is 0 Å². The SMILES string of the molecule is FC(F)(F)c1cccc(C2C=NCc3c2ccnc3Nc2ccc(N3CCOCC3)cc2)c1. The first-order valence-corrected chi connectivity index (χ1v) is 10.8. The fourth-order valence-electron chi connectivity index (χ4n) is 4.29. The van der Waals surface area contributed by atoms with Crippen molar-refractivity contribution in [1.82, 2.24) is 4.98 Å². The van der Waals surface area contributed by atoms with Gasteiger partial charge in [0.15, 0.2) is 0 Å². The lowest BCUT2D eigenvalue weighted by Crippen LogP contribution is -2.36. The van der Waals surface area contributed by atoms with Crippen molar-refractivity contribution in [2.24, 2.45) is 4.99 Å². The molecule has 2 aliphatic rings. The van der Waals surface area contributed by atoms with E-state index >= 15 is 0 Å². The van der Waals surface area contributed by atoms with Crippen molar-refractivity contribution in [3.63, 3.8) is 0 Å². The Bertz CT molecular complexity index is 1160. The molecule has 1 fully saturated rings. The van der Waals surface area contributed by atoms with Crippen molar-refractivity contribution in [3.05, 3.63) is 83.0 Å². The fourth-order valence-corrected chi connectivity index (χ4v) is 4.29. The molecule has 1 aromatic heterocycles. The molecule has 0 bridgehead atoms. The number of ether oxygens (including phenoxy) is 1. The highest BCUT2D eigenvalue weighted by Crippen LogP contribution is 2.36. The van der Waals surface area contributed by atoms with E-state index in [9.17, 15) is 13.2 Å². The Morgan fingerprint density at radius 1 is 1.00 bits per heavy atom. The molecule has 1 unspecified atom stereocenters. The maximum Gasteiger partial charge on any atom is 0.416 e. The van der Waals surface area contributed by atoms with E-state index in [1.165, 1.54) is 12.1 Å². The van der Waals surface area contributed by atoms with Gasteiger partial charge >= 0.3 is 6.18 Å². The van der Waals surface area contributed by atoms with Gasteiger partial charge < -0.3 is 15.0 Å². The molecule has 170 valence electrons. The van der Waals surface area contributed by atoms with Gasteiger partial charge in [0.1, 0.15) is 5.82 Å². The number of rotatable bonds is 4. The number of nitrogens with zero attached hydrogens (tertiary/aromatic N) is 3. The third kappa shape index (κ3) is 4.57. The Hall–Kier alpha value is -3.39. The first kappa shape index (κ1) is 21.5. The van der Waals surface area contributed by atoms with E-state index < -0.39 is 11.7 Å². The predicted molar refractivity (Wildman–Crippen MR) is 122 cm³/mol. The van der Waals surface area contributed by atoms with Crippen molar-refractivity contribution in [1.29, 1.82) is 0 Å². The number of nitrogens with one attached hydrogen (secondary N) is 1. The monoisotopic (exact) mass is 452 g/mol. The topological polar surface area (TPSA) is 49.8 Å². The number of halogens is 3. The van der Waals surface area contributed by atoms with Gasteiger partial charge in [-0.05, 0) is 47.5 Å². The summed E-state index contributed by atoms with van der Waals surface area (Å²) < 4.78 is 45.1. The Labute approximate surface area is 189 Å². The van der Waals surface area contributed by atoms with Crippen LogP contribution in [0.1, 0.15) is 28.2 Å². The van der Waals surface area contributed by atoms with Crippen LogP contribution in [0.25, 0.3) is 0 Å². The number of benzene rings is 2. The van der Waals surface area contributed by atoms with Gasteiger partial charge in [0.05, 0.1) is 25.3 Å². The van der Waals surface area contributed by atoms with E-state index in [-0.39, 0.29) is 5.92 Å². The summed E-state index contributed by atoms with van der Waals surface area (Å²) in [4.78, 5) is 11.2. The molecule has 2 aromatic carbocycles. The highest BCUT2D eigenvalue weighted by atomic mass is 19.4. The van der Waals surface area contributed by atoms with Crippen LogP contribution >= 0.6 is 0 Å². The Balaban J connectivity index is 1.40. The Morgan fingerprint density at radius 3 is 2.55 bits per heavy atom. The molecule has 2 aliphatic heterocycles. The van der Waals surface area contributed by atoms with Crippen molar-refractivity contribution < 1.29 is 17.9 Å². The van der Waals surface area contributed by atoms with Crippen LogP contribution in [0.3, 0.4) is 0 Å². The smallest absolute Gasteiger partial charge is 0.378 e. The Morgan fingerprint density at radius 2 is 1.79 bits per heavy atom. The zero-order valence-corrected chi connectivity index (χ0v) is 17.8. The molecule has 5 rings (SSSR count). The first-order chi connectivity index (χ1) is 16.0. The second-order valence-corrected chi connectivity index (χ2v) is 8.09. The van der Waals surface area contributed by atoms with Gasteiger partial charge in [-0.25, -0.2) is 4.98 Å². The summed E-state index contributed by atoms with van der Waals surface area (Å²) in [6.45, 7) is 3.62. The highest BCUT2D eigenvalue weighted by Gasteiger charge is 2.31. The highest BCUT2D eigenvalue weighted by molar-refractivity contribution is 5.78. The average Bonchev–Trinajstić information content (AvgIpc) is 2.84. The van der Waals surface area contributed by atoms with E-state index in [4.69, 9.17) is 4.74 Å². The van der Waals surface area contributed by atoms with Crippen LogP contribution in [-0.2, 0) is 17.5 Å². The maximum atomic E-state index is 13.2. The zero-order chi connectivity index (χ0) is 22.8. The second-order valence-electron chi connectivity index (χ2n) is 8.09. The molecule has 33 heavy (non-hydrogen) atoms. The number of fused-ring (bicyclic) bond motifs is 1. The van der Waals surface area contributed by atoms with Crippen LogP contribution in [0.4, 0.5) is 30.4 Å². The molecule has 0 amide bonds. The molecule has 0 saturated carbocycles. The summed E-state index contributed by atoms with van der Waals surface area (Å²) in [6.07, 6.45) is -0.981. The van der Waals surface area contributed by atoms with Gasteiger partial charge in [0, 0.05) is 48.4 Å². The van der Waals surface area contributed by atoms with Crippen LogP contribution in [0.2, 0.25) is 0 Å². The minimum absolute atomic E-state index is 0.358. The number of pyridine rings is 1. The second kappa shape index (κ2) is 8.86. The van der Waals surface area contributed by atoms with Crippen molar-refractivity contribution in [2.45, 2.75) is 18.6 Å². The van der Waals surface area contributed by atoms with Gasteiger partial charge in [-0.2, -0.15) is 13.2 Å². The lowest BCUT2D eigenvalue weighted by atomic mass is 9.87. The summed E-state index contributed by atoms with van der Waals surface area (Å²) >= 11 is 0. The summed E-state index contributed by atoms with van der Waals surface area (Å²) in [5.41, 5.74) is 3.72. The van der Waals surface area contributed by atoms with Crippen LogP contribution in [0.5, 0.6) is 0 Å². The summed E-state index contributed by atoms with van der Waals surface area (Å²) in [7, 11) is 0. The van der Waals surface area contributed by atoms with Gasteiger partial charge in [-0.3, -0.25) is 4.99 Å². The van der Waals surface area contributed by atoms with E-state index in [1.54, 1.807) is 18.5 Å². The molecular weight excluding hydrogens is 429 g/mol. The number of aromatic nitrogens is 1. The lowest BCUT2D eigenvalue weighted by Gasteiger charge is -2.29. The molecule has 0 radical (unpaired) electrons. The van der Waals surface area contributed by atoms with Gasteiger partial charge in [-0.15, -0.1) is 0 Å². The molecule has 1 atom stereocenters. The molecule has 1 saturated heterocycles. The van der Waals surface area contributed by atoms with E-state index in [0.717, 1.165) is 54.9 Å². The summed E-state index contributed by atoms with van der Waals surface area (Å²) in [5.74, 6) is 0.309. The Kier molecular flexibility index (Phi) is 5.76. The molecular formula is C25H23F3N4O. The number of hydrogen-bond donors (Lipinski definition) is 1. The van der Waals surface area contributed by atoms with Crippen LogP contribution in [-0.4, -0.2) is 37.5 Å². The molecule has 1 N–H and O–H groups in total.